The molecule has 1 aromatic rings. The Balaban J connectivity index is 2.29. The molecule has 9 heteroatoms. The zero-order valence-corrected chi connectivity index (χ0v) is 19.6. The Kier molecular flexibility index (Phi) is 8.79. The molecule has 0 N–H and O–H groups in total. The lowest BCUT2D eigenvalue weighted by molar-refractivity contribution is -0.135. The van der Waals surface area contributed by atoms with E-state index in [1.807, 2.05) is 26.8 Å². The van der Waals surface area contributed by atoms with Gasteiger partial charge in [-0.15, -0.1) is 0 Å². The van der Waals surface area contributed by atoms with Crippen LogP contribution in [0, 0.1) is 0 Å². The van der Waals surface area contributed by atoms with Crippen molar-refractivity contribution in [2.24, 2.45) is 0 Å². The average molecular weight is 461 g/mol. The maximum absolute atomic E-state index is 12.7. The summed E-state index contributed by atoms with van der Waals surface area (Å²) in [4.78, 5) is 28.1. The third kappa shape index (κ3) is 7.01. The minimum atomic E-state index is -0.602. The quantitative estimate of drug-likeness (QED) is 0.667. The van der Waals surface area contributed by atoms with Gasteiger partial charge in [0, 0.05) is 39.7 Å². The maximum Gasteiger partial charge on any atom is 0.410 e. The Bertz CT molecular complexity index is 753. The summed E-state index contributed by atoms with van der Waals surface area (Å²) in [6.07, 6.45) is -0.749. The van der Waals surface area contributed by atoms with E-state index in [4.69, 9.17) is 37.4 Å². The van der Waals surface area contributed by atoms with Crippen molar-refractivity contribution in [2.75, 3.05) is 47.0 Å². The molecule has 0 aromatic heterocycles. The molecule has 0 spiro atoms. The standard InChI is InChI=1S/C21H30Cl2N2O5/c1-21(2,3)30-20(27)25-8-9-29-18(12-24(4)19(26)13-28-5)15(11-25)14-6-7-16(22)17(23)10-14/h6-7,10,15,18H,8-9,11-13H2,1-5H3/t15-,18+/m0/s1. The fourth-order valence-corrected chi connectivity index (χ4v) is 3.52. The summed E-state index contributed by atoms with van der Waals surface area (Å²) in [6.45, 7) is 6.90. The number of rotatable bonds is 5. The SMILES string of the molecule is COCC(=O)N(C)C[C@H]1OCCN(C(=O)OC(C)(C)C)C[C@H]1c1ccc(Cl)c(Cl)c1. The van der Waals surface area contributed by atoms with E-state index in [0.717, 1.165) is 5.56 Å². The number of ether oxygens (including phenoxy) is 3. The van der Waals surface area contributed by atoms with Crippen LogP contribution in [0.4, 0.5) is 4.79 Å². The summed E-state index contributed by atoms with van der Waals surface area (Å²) in [6, 6.07) is 5.37. The third-order valence-corrected chi connectivity index (χ3v) is 5.47. The summed E-state index contributed by atoms with van der Waals surface area (Å²) >= 11 is 12.3. The molecule has 7 nitrogen and oxygen atoms in total. The molecule has 1 saturated heterocycles. The van der Waals surface area contributed by atoms with Crippen molar-refractivity contribution in [3.8, 4) is 0 Å². The molecule has 30 heavy (non-hydrogen) atoms. The lowest BCUT2D eigenvalue weighted by Gasteiger charge is -2.31. The predicted octanol–water partition coefficient (Wildman–Crippen LogP) is 3.82. The molecule has 0 saturated carbocycles. The highest BCUT2D eigenvalue weighted by atomic mass is 35.5. The van der Waals surface area contributed by atoms with Gasteiger partial charge < -0.3 is 24.0 Å². The first kappa shape index (κ1) is 24.7. The number of benzene rings is 1. The molecule has 0 aliphatic carbocycles. The fourth-order valence-electron chi connectivity index (χ4n) is 3.22. The Labute approximate surface area is 188 Å². The highest BCUT2D eigenvalue weighted by Crippen LogP contribution is 2.32. The lowest BCUT2D eigenvalue weighted by Crippen LogP contribution is -2.42. The first-order valence-electron chi connectivity index (χ1n) is 9.79. The Morgan fingerprint density at radius 2 is 1.97 bits per heavy atom. The van der Waals surface area contributed by atoms with Crippen LogP contribution in [0.5, 0.6) is 0 Å². The van der Waals surface area contributed by atoms with Crippen molar-refractivity contribution in [3.63, 3.8) is 0 Å². The van der Waals surface area contributed by atoms with Gasteiger partial charge in [-0.05, 0) is 38.5 Å². The van der Waals surface area contributed by atoms with Gasteiger partial charge in [-0.2, -0.15) is 0 Å². The smallest absolute Gasteiger partial charge is 0.410 e. The molecule has 168 valence electrons. The number of nitrogens with zero attached hydrogens (tertiary/aromatic N) is 2. The van der Waals surface area contributed by atoms with Crippen LogP contribution in [0.15, 0.2) is 18.2 Å². The first-order valence-corrected chi connectivity index (χ1v) is 10.5. The van der Waals surface area contributed by atoms with Crippen molar-refractivity contribution in [3.05, 3.63) is 33.8 Å². The monoisotopic (exact) mass is 460 g/mol. The summed E-state index contributed by atoms with van der Waals surface area (Å²) in [7, 11) is 3.18. The van der Waals surface area contributed by atoms with Crippen LogP contribution in [0.3, 0.4) is 0 Å². The summed E-state index contributed by atoms with van der Waals surface area (Å²) in [5, 5.41) is 0.868. The van der Waals surface area contributed by atoms with Gasteiger partial charge in [0.2, 0.25) is 5.91 Å². The van der Waals surface area contributed by atoms with E-state index in [0.29, 0.717) is 36.3 Å². The molecule has 0 unspecified atom stereocenters. The van der Waals surface area contributed by atoms with E-state index >= 15 is 0 Å². The molecular weight excluding hydrogens is 431 g/mol. The molecule has 2 amide bonds. The van der Waals surface area contributed by atoms with Crippen molar-refractivity contribution >= 4 is 35.2 Å². The Hall–Kier alpha value is -1.54. The molecule has 0 radical (unpaired) electrons. The van der Waals surface area contributed by atoms with Crippen molar-refractivity contribution in [1.82, 2.24) is 9.80 Å². The highest BCUT2D eigenvalue weighted by molar-refractivity contribution is 6.42. The van der Waals surface area contributed by atoms with Crippen LogP contribution in [0.25, 0.3) is 0 Å². The number of hydrogen-bond donors (Lipinski definition) is 0. The summed E-state index contributed by atoms with van der Waals surface area (Å²) < 4.78 is 16.6. The second-order valence-corrected chi connectivity index (χ2v) is 9.14. The van der Waals surface area contributed by atoms with Gasteiger partial charge in [0.15, 0.2) is 0 Å². The molecule has 1 heterocycles. The van der Waals surface area contributed by atoms with Gasteiger partial charge in [0.25, 0.3) is 0 Å². The molecule has 1 aliphatic rings. The van der Waals surface area contributed by atoms with Crippen LogP contribution in [0.2, 0.25) is 10.0 Å². The van der Waals surface area contributed by atoms with E-state index in [1.54, 1.807) is 29.0 Å². The van der Waals surface area contributed by atoms with Crippen molar-refractivity contribution in [1.29, 1.82) is 0 Å². The first-order chi connectivity index (χ1) is 14.0. The number of carbonyl (C=O) groups excluding carboxylic acids is 2. The van der Waals surface area contributed by atoms with E-state index in [9.17, 15) is 9.59 Å². The van der Waals surface area contributed by atoms with Crippen LogP contribution < -0.4 is 0 Å². The second-order valence-electron chi connectivity index (χ2n) is 8.32. The van der Waals surface area contributed by atoms with Crippen molar-refractivity contribution in [2.45, 2.75) is 38.4 Å². The van der Waals surface area contributed by atoms with Crippen molar-refractivity contribution < 1.29 is 23.8 Å². The normalized spacial score (nSPS) is 19.9. The second kappa shape index (κ2) is 10.7. The molecule has 2 rings (SSSR count). The van der Waals surface area contributed by atoms with Crippen LogP contribution in [0.1, 0.15) is 32.3 Å². The summed E-state index contributed by atoms with van der Waals surface area (Å²) in [5.41, 5.74) is 0.271. The van der Waals surface area contributed by atoms with Gasteiger partial charge in [-0.25, -0.2) is 4.79 Å². The number of halogens is 2. The lowest BCUT2D eigenvalue weighted by atomic mass is 9.92. The van der Waals surface area contributed by atoms with E-state index in [2.05, 4.69) is 0 Å². The fraction of sp³-hybridized carbons (Fsp3) is 0.619. The minimum Gasteiger partial charge on any atom is -0.444 e. The zero-order valence-electron chi connectivity index (χ0n) is 18.1. The van der Waals surface area contributed by atoms with E-state index in [1.165, 1.54) is 7.11 Å². The number of methoxy groups -OCH3 is 1. The van der Waals surface area contributed by atoms with E-state index < -0.39 is 11.7 Å². The summed E-state index contributed by atoms with van der Waals surface area (Å²) in [5.74, 6) is -0.380. The largest absolute Gasteiger partial charge is 0.444 e. The van der Waals surface area contributed by atoms with E-state index in [-0.39, 0.29) is 24.5 Å². The molecule has 1 fully saturated rings. The molecular formula is C21H30Cl2N2O5. The highest BCUT2D eigenvalue weighted by Gasteiger charge is 2.34. The Morgan fingerprint density at radius 1 is 1.27 bits per heavy atom. The van der Waals surface area contributed by atoms with Crippen LogP contribution >= 0.6 is 23.2 Å². The number of likely N-dealkylation sites (N-methyl/N-ethyl adjacent to an activating group) is 1. The molecule has 2 atom stereocenters. The van der Waals surface area contributed by atoms with Crippen LogP contribution in [-0.2, 0) is 19.0 Å². The third-order valence-electron chi connectivity index (χ3n) is 4.73. The molecule has 1 aromatic carbocycles. The number of carbonyl (C=O) groups is 2. The topological polar surface area (TPSA) is 68.3 Å². The van der Waals surface area contributed by atoms with Gasteiger partial charge in [0.1, 0.15) is 12.2 Å². The zero-order chi connectivity index (χ0) is 22.5. The molecule has 1 aliphatic heterocycles. The Morgan fingerprint density at radius 3 is 2.57 bits per heavy atom. The van der Waals surface area contributed by atoms with Gasteiger partial charge in [-0.1, -0.05) is 29.3 Å². The maximum atomic E-state index is 12.7. The predicted molar refractivity (Wildman–Crippen MR) is 116 cm³/mol. The van der Waals surface area contributed by atoms with Gasteiger partial charge >= 0.3 is 6.09 Å². The minimum absolute atomic E-state index is 0.00923. The number of amides is 2. The van der Waals surface area contributed by atoms with Gasteiger partial charge in [0.05, 0.1) is 22.8 Å². The average Bonchev–Trinajstić information content (AvgIpc) is 2.85. The van der Waals surface area contributed by atoms with Gasteiger partial charge in [-0.3, -0.25) is 4.79 Å². The molecule has 0 bridgehead atoms. The van der Waals surface area contributed by atoms with Crippen LogP contribution in [-0.4, -0.2) is 80.5 Å². The number of hydrogen-bond acceptors (Lipinski definition) is 5.